The minimum Gasteiger partial charge on any atom is -0.463 e. The minimum absolute atomic E-state index is 0.141. The molecule has 5 unspecified atom stereocenters. The van der Waals surface area contributed by atoms with Crippen molar-refractivity contribution in [2.45, 2.75) is 75.3 Å². The lowest BCUT2D eigenvalue weighted by molar-refractivity contribution is -0.367. The summed E-state index contributed by atoms with van der Waals surface area (Å²) < 4.78 is 26.4. The van der Waals surface area contributed by atoms with Crippen molar-refractivity contribution in [2.24, 2.45) is 0 Å². The van der Waals surface area contributed by atoms with Gasteiger partial charge in [0, 0.05) is 13.5 Å². The quantitative estimate of drug-likeness (QED) is 0.225. The molecule has 164 valence electrons. The number of hydrogen-bond acceptors (Lipinski definition) is 12. The molecule has 12 nitrogen and oxygen atoms in total. The number of aliphatic hydroxyl groups is 6. The van der Waals surface area contributed by atoms with Crippen LogP contribution in [0.2, 0.25) is 0 Å². The Morgan fingerprint density at radius 3 is 2.07 bits per heavy atom. The van der Waals surface area contributed by atoms with E-state index in [9.17, 15) is 35.4 Å². The monoisotopic (exact) mass is 412 g/mol. The predicted molar refractivity (Wildman–Crippen MR) is 87.6 cm³/mol. The van der Waals surface area contributed by atoms with E-state index in [-0.39, 0.29) is 13.2 Å². The molecular weight excluding hydrogens is 384 g/mol. The van der Waals surface area contributed by atoms with Gasteiger partial charge in [-0.3, -0.25) is 4.79 Å². The van der Waals surface area contributed by atoms with Crippen molar-refractivity contribution in [3.05, 3.63) is 0 Å². The topological polar surface area (TPSA) is 185 Å². The first-order valence-corrected chi connectivity index (χ1v) is 8.93. The van der Waals surface area contributed by atoms with Gasteiger partial charge < -0.3 is 54.3 Å². The van der Waals surface area contributed by atoms with Crippen molar-refractivity contribution in [3.8, 4) is 0 Å². The Kier molecular flexibility index (Phi) is 8.51. The van der Waals surface area contributed by atoms with E-state index in [2.05, 4.69) is 0 Å². The largest absolute Gasteiger partial charge is 0.463 e. The van der Waals surface area contributed by atoms with Crippen LogP contribution in [0.25, 0.3) is 0 Å². The summed E-state index contributed by atoms with van der Waals surface area (Å²) in [4.78, 5) is 11.0. The summed E-state index contributed by atoms with van der Waals surface area (Å²) in [5.41, 5.74) is 0. The van der Waals surface area contributed by atoms with Crippen molar-refractivity contribution in [1.82, 2.24) is 0 Å². The molecule has 0 bridgehead atoms. The second-order valence-electron chi connectivity index (χ2n) is 6.58. The molecule has 6 N–H and O–H groups in total. The highest BCUT2D eigenvalue weighted by atomic mass is 16.8. The number of hydrogen-bond donors (Lipinski definition) is 6. The third-order valence-electron chi connectivity index (χ3n) is 4.57. The zero-order chi connectivity index (χ0) is 21.0. The van der Waals surface area contributed by atoms with E-state index in [0.717, 1.165) is 0 Å². The average Bonchev–Trinajstić information content (AvgIpc) is 2.66. The van der Waals surface area contributed by atoms with Crippen LogP contribution in [-0.2, 0) is 28.5 Å². The fourth-order valence-electron chi connectivity index (χ4n) is 3.02. The molecule has 0 aromatic carbocycles. The summed E-state index contributed by atoms with van der Waals surface area (Å²) in [7, 11) is 0. The lowest BCUT2D eigenvalue weighted by atomic mass is 9.97. The summed E-state index contributed by atoms with van der Waals surface area (Å²) in [6.45, 7) is 1.98. The van der Waals surface area contributed by atoms with Gasteiger partial charge in [-0.25, -0.2) is 0 Å². The lowest BCUT2D eigenvalue weighted by Crippen LogP contribution is -2.64. The molecule has 12 heteroatoms. The van der Waals surface area contributed by atoms with E-state index in [1.54, 1.807) is 6.92 Å². The van der Waals surface area contributed by atoms with E-state index in [4.69, 9.17) is 23.7 Å². The van der Waals surface area contributed by atoms with Crippen LogP contribution in [0.15, 0.2) is 0 Å². The third kappa shape index (κ3) is 5.16. The fraction of sp³-hybridized carbons (Fsp3) is 0.938. The standard InChI is InChI=1S/C16H28O12/c1-3-24-16-14(12(22)10(20)8(27-16)5-25-6(2)18)28-15-13(23)11(21)9(19)7(4-17)26-15/h7-17,19-23H,3-5H2,1-2H3/t7?,8?,9-,10-,11?,12?,13+,14+,15+,16?/m1/s1. The molecule has 2 rings (SSSR count). The first-order valence-electron chi connectivity index (χ1n) is 8.93. The molecule has 2 aliphatic rings. The van der Waals surface area contributed by atoms with Crippen molar-refractivity contribution >= 4 is 5.97 Å². The zero-order valence-corrected chi connectivity index (χ0v) is 15.5. The van der Waals surface area contributed by atoms with Crippen LogP contribution in [0.5, 0.6) is 0 Å². The summed E-state index contributed by atoms with van der Waals surface area (Å²) in [5, 5.41) is 59.7. The van der Waals surface area contributed by atoms with Crippen molar-refractivity contribution in [2.75, 3.05) is 19.8 Å². The Morgan fingerprint density at radius 1 is 0.893 bits per heavy atom. The maximum absolute atomic E-state index is 11.0. The molecule has 28 heavy (non-hydrogen) atoms. The van der Waals surface area contributed by atoms with Crippen LogP contribution in [0.1, 0.15) is 13.8 Å². The van der Waals surface area contributed by atoms with Gasteiger partial charge in [0.05, 0.1) is 6.61 Å². The van der Waals surface area contributed by atoms with Gasteiger partial charge in [0.1, 0.15) is 55.4 Å². The highest BCUT2D eigenvalue weighted by Gasteiger charge is 2.51. The Labute approximate surface area is 161 Å². The maximum Gasteiger partial charge on any atom is 0.302 e. The van der Waals surface area contributed by atoms with E-state index in [1.807, 2.05) is 0 Å². The van der Waals surface area contributed by atoms with Crippen molar-refractivity contribution in [1.29, 1.82) is 0 Å². The second-order valence-corrected chi connectivity index (χ2v) is 6.58. The van der Waals surface area contributed by atoms with Crippen LogP contribution in [0.4, 0.5) is 0 Å². The number of ether oxygens (including phenoxy) is 5. The van der Waals surface area contributed by atoms with Crippen molar-refractivity contribution in [3.63, 3.8) is 0 Å². The van der Waals surface area contributed by atoms with E-state index < -0.39 is 74.0 Å². The Bertz CT molecular complexity index is 502. The molecule has 2 fully saturated rings. The molecule has 2 aliphatic heterocycles. The van der Waals surface area contributed by atoms with Gasteiger partial charge in [0.25, 0.3) is 0 Å². The Balaban J connectivity index is 2.12. The maximum atomic E-state index is 11.0. The highest BCUT2D eigenvalue weighted by molar-refractivity contribution is 5.65. The second kappa shape index (κ2) is 10.2. The first kappa shape index (κ1) is 23.3. The van der Waals surface area contributed by atoms with Crippen LogP contribution >= 0.6 is 0 Å². The molecule has 0 spiro atoms. The molecule has 0 radical (unpaired) electrons. The van der Waals surface area contributed by atoms with Gasteiger partial charge in [0.15, 0.2) is 12.6 Å². The number of carbonyl (C=O) groups excluding carboxylic acids is 1. The van der Waals surface area contributed by atoms with Gasteiger partial charge >= 0.3 is 5.97 Å². The summed E-state index contributed by atoms with van der Waals surface area (Å²) >= 11 is 0. The first-order chi connectivity index (χ1) is 13.2. The van der Waals surface area contributed by atoms with Gasteiger partial charge in [-0.15, -0.1) is 0 Å². The molecule has 0 aromatic heterocycles. The molecule has 0 aromatic rings. The summed E-state index contributed by atoms with van der Waals surface area (Å²) in [5.74, 6) is -0.599. The molecule has 0 saturated carbocycles. The molecule has 0 amide bonds. The predicted octanol–water partition coefficient (Wildman–Crippen LogP) is -3.78. The van der Waals surface area contributed by atoms with Gasteiger partial charge in [0.2, 0.25) is 0 Å². The number of rotatable bonds is 7. The Morgan fingerprint density at radius 2 is 1.50 bits per heavy atom. The van der Waals surface area contributed by atoms with Crippen LogP contribution in [0.3, 0.4) is 0 Å². The molecular formula is C16H28O12. The van der Waals surface area contributed by atoms with Crippen molar-refractivity contribution < 1.29 is 59.1 Å². The number of aliphatic hydroxyl groups excluding tert-OH is 6. The zero-order valence-electron chi connectivity index (χ0n) is 15.5. The van der Waals surface area contributed by atoms with Crippen LogP contribution in [-0.4, -0.2) is 118 Å². The SMILES string of the molecule is CCOC1OC(COC(C)=O)[C@@H](O)C(O)[C@@H]1O[C@@H]1OC(CO)[C@@H](O)C(O)[C@@H]1O. The lowest BCUT2D eigenvalue weighted by Gasteiger charge is -2.46. The minimum atomic E-state index is -1.71. The van der Waals surface area contributed by atoms with Crippen LogP contribution in [0, 0.1) is 0 Å². The normalized spacial score (nSPS) is 44.3. The van der Waals surface area contributed by atoms with Gasteiger partial charge in [-0.05, 0) is 6.92 Å². The van der Waals surface area contributed by atoms with E-state index >= 15 is 0 Å². The van der Waals surface area contributed by atoms with Gasteiger partial charge in [-0.2, -0.15) is 0 Å². The summed E-state index contributed by atoms with van der Waals surface area (Å²) in [6.07, 6.45) is -14.5. The average molecular weight is 412 g/mol. The smallest absolute Gasteiger partial charge is 0.302 e. The van der Waals surface area contributed by atoms with Gasteiger partial charge in [-0.1, -0.05) is 0 Å². The van der Waals surface area contributed by atoms with E-state index in [1.165, 1.54) is 6.92 Å². The molecule has 2 heterocycles. The molecule has 10 atom stereocenters. The highest BCUT2D eigenvalue weighted by Crippen LogP contribution is 2.29. The van der Waals surface area contributed by atoms with Crippen LogP contribution < -0.4 is 0 Å². The number of carbonyl (C=O) groups is 1. The molecule has 0 aliphatic carbocycles. The van der Waals surface area contributed by atoms with E-state index in [0.29, 0.717) is 0 Å². The third-order valence-corrected chi connectivity index (χ3v) is 4.57. The Hall–Kier alpha value is -0.930. The molecule has 2 saturated heterocycles. The summed E-state index contributed by atoms with van der Waals surface area (Å²) in [6, 6.07) is 0. The fourth-order valence-corrected chi connectivity index (χ4v) is 3.02. The number of esters is 1.